The lowest BCUT2D eigenvalue weighted by Gasteiger charge is -2.44. The van der Waals surface area contributed by atoms with Crippen LogP contribution < -0.4 is 4.74 Å². The summed E-state index contributed by atoms with van der Waals surface area (Å²) in [6.07, 6.45) is 1.22. The first-order valence-corrected chi connectivity index (χ1v) is 11.8. The van der Waals surface area contributed by atoms with Crippen molar-refractivity contribution in [2.75, 3.05) is 13.1 Å². The Morgan fingerprint density at radius 1 is 1.45 bits per heavy atom. The second kappa shape index (κ2) is 10.1. The van der Waals surface area contributed by atoms with E-state index in [0.717, 1.165) is 17.1 Å². The first-order chi connectivity index (χ1) is 15.6. The van der Waals surface area contributed by atoms with E-state index >= 15 is 0 Å². The summed E-state index contributed by atoms with van der Waals surface area (Å²) in [6.45, 7) is 6.82. The number of carboxylic acid groups (broad SMARTS) is 1. The van der Waals surface area contributed by atoms with Crippen molar-refractivity contribution in [3.63, 3.8) is 0 Å². The van der Waals surface area contributed by atoms with Gasteiger partial charge in [0, 0.05) is 24.5 Å². The van der Waals surface area contributed by atoms with Crippen LogP contribution in [0.5, 0.6) is 5.75 Å². The molecule has 1 aromatic carbocycles. The molecule has 2 atom stereocenters. The van der Waals surface area contributed by atoms with Gasteiger partial charge >= 0.3 is 12.6 Å². The molecule has 1 aliphatic heterocycles. The summed E-state index contributed by atoms with van der Waals surface area (Å²) in [5, 5.41) is 19.7. The van der Waals surface area contributed by atoms with E-state index in [-0.39, 0.29) is 11.7 Å². The van der Waals surface area contributed by atoms with E-state index in [9.17, 15) is 23.9 Å². The molecule has 3 rings (SSSR count). The molecule has 178 valence electrons. The Kier molecular flexibility index (Phi) is 7.70. The second-order valence-corrected chi connectivity index (χ2v) is 10.1. The number of aliphatic carboxylic acids is 1. The lowest BCUT2D eigenvalue weighted by atomic mass is 9.70. The van der Waals surface area contributed by atoms with E-state index in [1.807, 2.05) is 19.9 Å². The zero-order valence-electron chi connectivity index (χ0n) is 19.3. The van der Waals surface area contributed by atoms with Crippen LogP contribution in [0.2, 0.25) is 0 Å². The number of benzene rings is 1. The van der Waals surface area contributed by atoms with Gasteiger partial charge in [-0.1, -0.05) is 20.8 Å². The van der Waals surface area contributed by atoms with E-state index < -0.39 is 18.0 Å². The molecule has 0 saturated carbocycles. The SMILES string of the molecule is CCC1(C(=O)O)CC(C(C)C)CN(Cc2sc(-c3cc(C#N)ccc3OC(F)F)nc2C)C1. The molecule has 0 amide bonds. The van der Waals surface area contributed by atoms with Crippen LogP contribution in [0.4, 0.5) is 8.78 Å². The summed E-state index contributed by atoms with van der Waals surface area (Å²) in [6, 6.07) is 6.31. The molecule has 0 aliphatic carbocycles. The molecule has 9 heteroatoms. The van der Waals surface area contributed by atoms with Gasteiger partial charge < -0.3 is 9.84 Å². The fourth-order valence-electron chi connectivity index (χ4n) is 4.44. The highest BCUT2D eigenvalue weighted by atomic mass is 32.1. The third kappa shape index (κ3) is 5.50. The molecule has 0 bridgehead atoms. The molecule has 2 unspecified atom stereocenters. The Morgan fingerprint density at radius 3 is 2.76 bits per heavy atom. The fraction of sp³-hybridized carbons (Fsp3) is 0.542. The van der Waals surface area contributed by atoms with Crippen molar-refractivity contribution in [3.05, 3.63) is 34.3 Å². The highest BCUT2D eigenvalue weighted by Crippen LogP contribution is 2.41. The van der Waals surface area contributed by atoms with Crippen LogP contribution in [-0.4, -0.2) is 40.7 Å². The smallest absolute Gasteiger partial charge is 0.387 e. The number of nitrogens with zero attached hydrogens (tertiary/aromatic N) is 3. The highest BCUT2D eigenvalue weighted by Gasteiger charge is 2.45. The fourth-order valence-corrected chi connectivity index (χ4v) is 5.57. The second-order valence-electron chi connectivity index (χ2n) is 9.05. The largest absolute Gasteiger partial charge is 0.481 e. The van der Waals surface area contributed by atoms with Crippen molar-refractivity contribution < 1.29 is 23.4 Å². The first-order valence-electron chi connectivity index (χ1n) is 11.0. The van der Waals surface area contributed by atoms with Gasteiger partial charge in [-0.3, -0.25) is 9.69 Å². The zero-order chi connectivity index (χ0) is 24.3. The molecular formula is C24H29F2N3O3S. The number of nitriles is 1. The van der Waals surface area contributed by atoms with E-state index in [1.54, 1.807) is 0 Å². The summed E-state index contributed by atoms with van der Waals surface area (Å²) in [5.74, 6) is -0.165. The molecular weight excluding hydrogens is 448 g/mol. The topological polar surface area (TPSA) is 86.5 Å². The molecule has 0 radical (unpaired) electrons. The number of likely N-dealkylation sites (tertiary alicyclic amines) is 1. The Morgan fingerprint density at radius 2 is 2.18 bits per heavy atom. The van der Waals surface area contributed by atoms with Crippen molar-refractivity contribution >= 4 is 17.3 Å². The number of rotatable bonds is 8. The third-order valence-corrected chi connectivity index (χ3v) is 7.74. The molecule has 2 heterocycles. The van der Waals surface area contributed by atoms with Gasteiger partial charge in [0.05, 0.1) is 28.3 Å². The van der Waals surface area contributed by atoms with Crippen LogP contribution in [0.25, 0.3) is 10.6 Å². The van der Waals surface area contributed by atoms with E-state index in [2.05, 4.69) is 28.5 Å². The van der Waals surface area contributed by atoms with Crippen molar-refractivity contribution in [2.24, 2.45) is 17.3 Å². The minimum absolute atomic E-state index is 0.0296. The zero-order valence-corrected chi connectivity index (χ0v) is 20.1. The summed E-state index contributed by atoms with van der Waals surface area (Å²) in [4.78, 5) is 19.9. The monoisotopic (exact) mass is 477 g/mol. The lowest BCUT2D eigenvalue weighted by molar-refractivity contribution is -0.155. The normalized spacial score (nSPS) is 21.4. The minimum atomic E-state index is -2.99. The van der Waals surface area contributed by atoms with Crippen LogP contribution in [0.15, 0.2) is 18.2 Å². The molecule has 1 aliphatic rings. The average molecular weight is 478 g/mol. The highest BCUT2D eigenvalue weighted by molar-refractivity contribution is 7.15. The van der Waals surface area contributed by atoms with Gasteiger partial charge in [0.2, 0.25) is 0 Å². The molecule has 2 aromatic rings. The number of alkyl halides is 2. The predicted molar refractivity (Wildman–Crippen MR) is 122 cm³/mol. The van der Waals surface area contributed by atoms with Crippen molar-refractivity contribution in [1.29, 1.82) is 5.26 Å². The van der Waals surface area contributed by atoms with Gasteiger partial charge in [-0.05, 0) is 49.8 Å². The number of piperidine rings is 1. The minimum Gasteiger partial charge on any atom is -0.481 e. The quantitative estimate of drug-likeness (QED) is 0.536. The molecule has 1 fully saturated rings. The number of ether oxygens (including phenoxy) is 1. The number of aryl methyl sites for hydroxylation is 1. The van der Waals surface area contributed by atoms with E-state index in [4.69, 9.17) is 0 Å². The molecule has 1 aromatic heterocycles. The maximum Gasteiger partial charge on any atom is 0.387 e. The number of hydrogen-bond donors (Lipinski definition) is 1. The maximum absolute atomic E-state index is 12.9. The van der Waals surface area contributed by atoms with Crippen LogP contribution in [-0.2, 0) is 11.3 Å². The third-order valence-electron chi connectivity index (χ3n) is 6.56. The number of halogens is 2. The molecule has 1 saturated heterocycles. The average Bonchev–Trinajstić information content (AvgIpc) is 3.13. The van der Waals surface area contributed by atoms with Crippen molar-refractivity contribution in [2.45, 2.75) is 53.7 Å². The standard InChI is InChI=1S/C24H29F2N3O3S/c1-5-24(22(30)31)9-17(14(2)3)11-29(13-24)12-20-15(4)28-21(33-20)18-8-16(10-27)6-7-19(18)32-23(25)26/h6-8,14,17,23H,5,9,11-13H2,1-4H3,(H,30,31). The van der Waals surface area contributed by atoms with Gasteiger partial charge in [0.25, 0.3) is 0 Å². The van der Waals surface area contributed by atoms with Gasteiger partial charge in [0.15, 0.2) is 0 Å². The van der Waals surface area contributed by atoms with Crippen molar-refractivity contribution in [3.8, 4) is 22.4 Å². The maximum atomic E-state index is 12.9. The number of carboxylic acids is 1. The van der Waals surface area contributed by atoms with E-state index in [0.29, 0.717) is 48.0 Å². The summed E-state index contributed by atoms with van der Waals surface area (Å²) < 4.78 is 30.5. The Labute approximate surface area is 196 Å². The van der Waals surface area contributed by atoms with Crippen LogP contribution in [0, 0.1) is 35.5 Å². The number of carbonyl (C=O) groups is 1. The van der Waals surface area contributed by atoms with Crippen LogP contribution in [0.1, 0.15) is 49.7 Å². The first kappa shape index (κ1) is 25.1. The van der Waals surface area contributed by atoms with Crippen LogP contribution in [0.3, 0.4) is 0 Å². The van der Waals surface area contributed by atoms with Gasteiger partial charge in [-0.25, -0.2) is 4.98 Å². The Balaban J connectivity index is 1.92. The van der Waals surface area contributed by atoms with E-state index in [1.165, 1.54) is 29.5 Å². The predicted octanol–water partition coefficient (Wildman–Crippen LogP) is 5.55. The lowest BCUT2D eigenvalue weighted by Crippen LogP contribution is -2.51. The van der Waals surface area contributed by atoms with Crippen molar-refractivity contribution in [1.82, 2.24) is 9.88 Å². The summed E-state index contributed by atoms with van der Waals surface area (Å²) >= 11 is 1.36. The molecule has 6 nitrogen and oxygen atoms in total. The number of aromatic nitrogens is 1. The summed E-state index contributed by atoms with van der Waals surface area (Å²) in [7, 11) is 0. The van der Waals surface area contributed by atoms with Gasteiger partial charge in [0.1, 0.15) is 10.8 Å². The number of hydrogen-bond acceptors (Lipinski definition) is 6. The number of thiazole rings is 1. The molecule has 1 N–H and O–H groups in total. The Bertz CT molecular complexity index is 1050. The molecule has 0 spiro atoms. The van der Waals surface area contributed by atoms with Gasteiger partial charge in [-0.15, -0.1) is 11.3 Å². The Hall–Kier alpha value is -2.57. The summed E-state index contributed by atoms with van der Waals surface area (Å²) in [5.41, 5.74) is 0.643. The van der Waals surface area contributed by atoms with Gasteiger partial charge in [-0.2, -0.15) is 14.0 Å². The van der Waals surface area contributed by atoms with Crippen LogP contribution >= 0.6 is 11.3 Å². The molecule has 33 heavy (non-hydrogen) atoms.